The Bertz CT molecular complexity index is 930. The number of rotatable bonds is 1. The third kappa shape index (κ3) is 2.99. The molecule has 0 saturated carbocycles. The minimum Gasteiger partial charge on any atom is -0.302 e. The van der Waals surface area contributed by atoms with Crippen molar-refractivity contribution < 1.29 is 0 Å². The van der Waals surface area contributed by atoms with Gasteiger partial charge in [0.1, 0.15) is 0 Å². The van der Waals surface area contributed by atoms with Gasteiger partial charge in [0.05, 0.1) is 29.7 Å². The lowest BCUT2D eigenvalue weighted by Crippen LogP contribution is -2.29. The molecule has 0 spiro atoms. The standard InChI is InChI=1S/C23H24N4/c1-2-4-8-14-24-21(11-5-3-1)23-17-10-7-6-9-16(17)22-18-15-25-27-19(18)12-13-20(22)26-23/h1-2,4-5,8,11-13,15,18-19,27H,3,6-7,9-10,14H2/b2-1-,8-4-,11-5-,24-21?. The van der Waals surface area contributed by atoms with Gasteiger partial charge < -0.3 is 5.43 Å². The van der Waals surface area contributed by atoms with E-state index in [-0.39, 0.29) is 6.04 Å². The molecule has 2 unspecified atom stereocenters. The van der Waals surface area contributed by atoms with Crippen LogP contribution in [0.5, 0.6) is 0 Å². The highest BCUT2D eigenvalue weighted by Gasteiger charge is 2.34. The number of aromatic nitrogens is 1. The summed E-state index contributed by atoms with van der Waals surface area (Å²) >= 11 is 0. The van der Waals surface area contributed by atoms with Crippen molar-refractivity contribution in [3.05, 3.63) is 70.6 Å². The van der Waals surface area contributed by atoms with Crippen molar-refractivity contribution in [3.8, 4) is 0 Å². The van der Waals surface area contributed by atoms with Crippen molar-refractivity contribution >= 4 is 18.0 Å². The third-order valence-electron chi connectivity index (χ3n) is 5.77. The summed E-state index contributed by atoms with van der Waals surface area (Å²) in [6, 6.07) is 0.277. The molecule has 136 valence electrons. The highest BCUT2D eigenvalue weighted by Crippen LogP contribution is 2.38. The Hall–Kier alpha value is -2.75. The van der Waals surface area contributed by atoms with Crippen molar-refractivity contribution in [3.63, 3.8) is 0 Å². The molecule has 2 aliphatic carbocycles. The van der Waals surface area contributed by atoms with E-state index < -0.39 is 0 Å². The summed E-state index contributed by atoms with van der Waals surface area (Å²) in [4.78, 5) is 10.00. The molecule has 0 saturated heterocycles. The maximum absolute atomic E-state index is 5.14. The minimum atomic E-state index is 0.277. The van der Waals surface area contributed by atoms with Crippen molar-refractivity contribution in [1.29, 1.82) is 0 Å². The van der Waals surface area contributed by atoms with Gasteiger partial charge in [0.25, 0.3) is 0 Å². The average molecular weight is 356 g/mol. The molecule has 1 aromatic rings. The van der Waals surface area contributed by atoms with E-state index >= 15 is 0 Å². The van der Waals surface area contributed by atoms with Crippen molar-refractivity contribution in [1.82, 2.24) is 10.4 Å². The summed E-state index contributed by atoms with van der Waals surface area (Å²) < 4.78 is 0. The number of hydrazone groups is 1. The lowest BCUT2D eigenvalue weighted by molar-refractivity contribution is 0.617. The molecule has 1 N–H and O–H groups in total. The second-order valence-electron chi connectivity index (χ2n) is 7.46. The normalized spacial score (nSPS) is 29.0. The lowest BCUT2D eigenvalue weighted by Gasteiger charge is -2.29. The van der Waals surface area contributed by atoms with Gasteiger partial charge in [-0.25, -0.2) is 4.98 Å². The first-order valence-corrected chi connectivity index (χ1v) is 9.97. The van der Waals surface area contributed by atoms with E-state index in [1.807, 2.05) is 0 Å². The van der Waals surface area contributed by atoms with E-state index in [9.17, 15) is 0 Å². The molecule has 4 aliphatic rings. The van der Waals surface area contributed by atoms with Gasteiger partial charge in [-0.3, -0.25) is 4.99 Å². The van der Waals surface area contributed by atoms with Crippen LogP contribution in [-0.4, -0.2) is 29.5 Å². The first-order valence-electron chi connectivity index (χ1n) is 9.97. The number of nitrogens with one attached hydrogen (secondary N) is 1. The summed E-state index contributed by atoms with van der Waals surface area (Å²) in [5.41, 5.74) is 10.7. The second-order valence-corrected chi connectivity index (χ2v) is 7.46. The minimum absolute atomic E-state index is 0.277. The number of hydrogen-bond acceptors (Lipinski definition) is 4. The topological polar surface area (TPSA) is 49.6 Å². The van der Waals surface area contributed by atoms with Crippen LogP contribution in [0.4, 0.5) is 0 Å². The molecule has 0 bridgehead atoms. The molecule has 4 nitrogen and oxygen atoms in total. The van der Waals surface area contributed by atoms with Crippen molar-refractivity contribution in [2.75, 3.05) is 6.54 Å². The largest absolute Gasteiger partial charge is 0.302 e. The number of nitrogens with zero attached hydrogens (tertiary/aromatic N) is 3. The fraction of sp³-hybridized carbons (Fsp3) is 0.348. The van der Waals surface area contributed by atoms with Gasteiger partial charge in [0, 0.05) is 12.1 Å². The fourth-order valence-electron chi connectivity index (χ4n) is 4.48. The number of aliphatic imine (C=N–C) groups is 1. The monoisotopic (exact) mass is 356 g/mol. The molecule has 0 amide bonds. The number of fused-ring (bicyclic) bond motifs is 5. The smallest absolute Gasteiger partial charge is 0.0923 e. The Labute approximate surface area is 160 Å². The van der Waals surface area contributed by atoms with E-state index in [2.05, 4.69) is 65.3 Å². The zero-order valence-corrected chi connectivity index (χ0v) is 15.4. The number of pyridine rings is 1. The Morgan fingerprint density at radius 1 is 0.963 bits per heavy atom. The molecule has 3 heterocycles. The van der Waals surface area contributed by atoms with Crippen LogP contribution < -0.4 is 5.43 Å². The van der Waals surface area contributed by atoms with Gasteiger partial charge in [0.15, 0.2) is 0 Å². The zero-order chi connectivity index (χ0) is 18.1. The predicted molar refractivity (Wildman–Crippen MR) is 112 cm³/mol. The van der Waals surface area contributed by atoms with Crippen LogP contribution >= 0.6 is 0 Å². The summed E-state index contributed by atoms with van der Waals surface area (Å²) in [6.45, 7) is 0.689. The Morgan fingerprint density at radius 3 is 2.81 bits per heavy atom. The highest BCUT2D eigenvalue weighted by molar-refractivity contribution is 6.09. The molecular weight excluding hydrogens is 332 g/mol. The van der Waals surface area contributed by atoms with Crippen molar-refractivity contribution in [2.45, 2.75) is 44.1 Å². The molecule has 5 rings (SSSR count). The molecular formula is C23H24N4. The van der Waals surface area contributed by atoms with Gasteiger partial charge in [-0.05, 0) is 60.9 Å². The second kappa shape index (κ2) is 7.10. The molecule has 1 aromatic heterocycles. The van der Waals surface area contributed by atoms with Crippen LogP contribution in [0.1, 0.15) is 53.3 Å². The van der Waals surface area contributed by atoms with Gasteiger partial charge in [-0.2, -0.15) is 5.10 Å². The molecule has 4 heteroatoms. The molecule has 0 fully saturated rings. The van der Waals surface area contributed by atoms with Crippen molar-refractivity contribution in [2.24, 2.45) is 10.1 Å². The first kappa shape index (κ1) is 16.4. The van der Waals surface area contributed by atoms with Crippen LogP contribution in [0.15, 0.2) is 52.6 Å². The SMILES string of the molecule is C1=CC2NN=CC2c2c1nc(C1=NC/C=C\C=C/C/C=C\1)c1c2CCCC1. The maximum atomic E-state index is 5.14. The van der Waals surface area contributed by atoms with E-state index in [0.717, 1.165) is 36.4 Å². The quantitative estimate of drug-likeness (QED) is 0.830. The summed E-state index contributed by atoms with van der Waals surface area (Å²) in [5, 5.41) is 4.33. The lowest BCUT2D eigenvalue weighted by atomic mass is 9.78. The molecule has 27 heavy (non-hydrogen) atoms. The van der Waals surface area contributed by atoms with Crippen LogP contribution in [-0.2, 0) is 12.8 Å². The zero-order valence-electron chi connectivity index (χ0n) is 15.4. The van der Waals surface area contributed by atoms with Gasteiger partial charge in [0.2, 0.25) is 0 Å². The van der Waals surface area contributed by atoms with E-state index in [4.69, 9.17) is 9.98 Å². The summed E-state index contributed by atoms with van der Waals surface area (Å²) in [6.07, 6.45) is 24.8. The summed E-state index contributed by atoms with van der Waals surface area (Å²) in [5.74, 6) is 0.313. The number of allylic oxidation sites excluding steroid dienone is 5. The first-order chi connectivity index (χ1) is 13.4. The Kier molecular flexibility index (Phi) is 4.32. The average Bonchev–Trinajstić information content (AvgIpc) is 3.20. The van der Waals surface area contributed by atoms with Gasteiger partial charge in [-0.1, -0.05) is 36.5 Å². The van der Waals surface area contributed by atoms with Gasteiger partial charge in [-0.15, -0.1) is 0 Å². The van der Waals surface area contributed by atoms with E-state index in [1.165, 1.54) is 29.5 Å². The predicted octanol–water partition coefficient (Wildman–Crippen LogP) is 3.89. The third-order valence-corrected chi connectivity index (χ3v) is 5.77. The highest BCUT2D eigenvalue weighted by atomic mass is 15.3. The molecule has 2 atom stereocenters. The fourth-order valence-corrected chi connectivity index (χ4v) is 4.48. The maximum Gasteiger partial charge on any atom is 0.0923 e. The van der Waals surface area contributed by atoms with Crippen LogP contribution in [0.25, 0.3) is 6.08 Å². The van der Waals surface area contributed by atoms with Crippen LogP contribution in [0.3, 0.4) is 0 Å². The van der Waals surface area contributed by atoms with Crippen LogP contribution in [0, 0.1) is 0 Å². The molecule has 0 aromatic carbocycles. The van der Waals surface area contributed by atoms with Crippen LogP contribution in [0.2, 0.25) is 0 Å². The van der Waals surface area contributed by atoms with E-state index in [1.54, 1.807) is 0 Å². The Balaban J connectivity index is 1.66. The summed E-state index contributed by atoms with van der Waals surface area (Å²) in [7, 11) is 0. The van der Waals surface area contributed by atoms with Gasteiger partial charge >= 0.3 is 0 Å². The Morgan fingerprint density at radius 2 is 1.85 bits per heavy atom. The molecule has 0 radical (unpaired) electrons. The van der Waals surface area contributed by atoms with E-state index in [0.29, 0.717) is 12.5 Å². The number of hydrogen-bond donors (Lipinski definition) is 1. The molecule has 2 aliphatic heterocycles.